The van der Waals surface area contributed by atoms with E-state index in [4.69, 9.17) is 4.74 Å². The van der Waals surface area contributed by atoms with Crippen LogP contribution in [0.1, 0.15) is 28.0 Å². The number of nitrogens with zero attached hydrogens (tertiary/aromatic N) is 1. The third kappa shape index (κ3) is 3.71. The zero-order valence-electron chi connectivity index (χ0n) is 13.3. The third-order valence-corrected chi connectivity index (χ3v) is 4.25. The van der Waals surface area contributed by atoms with E-state index >= 15 is 0 Å². The van der Waals surface area contributed by atoms with Gasteiger partial charge in [-0.05, 0) is 42.5 Å². The topological polar surface area (TPSA) is 79.0 Å². The lowest BCUT2D eigenvalue weighted by atomic mass is 9.87. The lowest BCUT2D eigenvalue weighted by Crippen LogP contribution is -2.40. The Kier molecular flexibility index (Phi) is 4.92. The van der Waals surface area contributed by atoms with Crippen molar-refractivity contribution in [3.63, 3.8) is 0 Å². The third-order valence-electron chi connectivity index (χ3n) is 4.25. The fourth-order valence-corrected chi connectivity index (χ4v) is 3.07. The summed E-state index contributed by atoms with van der Waals surface area (Å²) in [7, 11) is 1.72. The average molecular weight is 314 g/mol. The van der Waals surface area contributed by atoms with E-state index in [1.54, 1.807) is 19.4 Å². The van der Waals surface area contributed by atoms with Crippen LogP contribution >= 0.6 is 0 Å². The lowest BCUT2D eigenvalue weighted by molar-refractivity contribution is 0.0948. The van der Waals surface area contributed by atoms with Crippen molar-refractivity contribution in [2.45, 2.75) is 25.3 Å². The molecule has 1 amide bonds. The van der Waals surface area contributed by atoms with Crippen LogP contribution in [0.3, 0.4) is 0 Å². The van der Waals surface area contributed by atoms with E-state index in [9.17, 15) is 4.79 Å². The van der Waals surface area contributed by atoms with Gasteiger partial charge in [0.25, 0.3) is 5.91 Å². The van der Waals surface area contributed by atoms with Gasteiger partial charge in [0, 0.05) is 25.3 Å². The monoisotopic (exact) mass is 314 g/mol. The van der Waals surface area contributed by atoms with Crippen LogP contribution in [0.5, 0.6) is 5.75 Å². The minimum atomic E-state index is -0.122. The number of rotatable bonds is 6. The van der Waals surface area contributed by atoms with Gasteiger partial charge in [0.1, 0.15) is 11.4 Å². The maximum absolute atomic E-state index is 11.8. The molecule has 0 bridgehead atoms. The van der Waals surface area contributed by atoms with Gasteiger partial charge >= 0.3 is 0 Å². The van der Waals surface area contributed by atoms with Crippen molar-refractivity contribution in [3.05, 3.63) is 47.3 Å². The van der Waals surface area contributed by atoms with Gasteiger partial charge in [0.15, 0.2) is 0 Å². The van der Waals surface area contributed by atoms with Gasteiger partial charge in [-0.15, -0.1) is 0 Å². The molecule has 6 heteroatoms. The number of hydrogen-bond donors (Lipinski definition) is 3. The predicted octanol–water partition coefficient (Wildman–Crippen LogP) is 1.30. The molecule has 3 rings (SSSR count). The molecule has 0 unspecified atom stereocenters. The summed E-state index contributed by atoms with van der Waals surface area (Å²) in [6, 6.07) is 8.35. The van der Waals surface area contributed by atoms with E-state index in [1.807, 2.05) is 12.1 Å². The normalized spacial score (nSPS) is 16.7. The van der Waals surface area contributed by atoms with Crippen LogP contribution in [0.15, 0.2) is 30.5 Å². The Morgan fingerprint density at radius 2 is 2.30 bits per heavy atom. The molecule has 0 saturated heterocycles. The summed E-state index contributed by atoms with van der Waals surface area (Å²) >= 11 is 0. The van der Waals surface area contributed by atoms with Gasteiger partial charge in [0.05, 0.1) is 7.11 Å². The van der Waals surface area contributed by atoms with Crippen LogP contribution < -0.4 is 15.4 Å². The molecule has 1 aliphatic carbocycles. The first-order valence-corrected chi connectivity index (χ1v) is 7.93. The number of ether oxygens (including phenoxy) is 1. The highest BCUT2D eigenvalue weighted by Gasteiger charge is 2.20. The van der Waals surface area contributed by atoms with Crippen molar-refractivity contribution in [3.8, 4) is 5.75 Å². The van der Waals surface area contributed by atoms with Crippen LogP contribution in [0.4, 0.5) is 0 Å². The number of hydrogen-bond acceptors (Lipinski definition) is 4. The molecule has 2 aromatic rings. The van der Waals surface area contributed by atoms with Crippen molar-refractivity contribution in [2.24, 2.45) is 0 Å². The zero-order chi connectivity index (χ0) is 16.1. The highest BCUT2D eigenvalue weighted by Crippen LogP contribution is 2.29. The Morgan fingerprint density at radius 3 is 3.09 bits per heavy atom. The van der Waals surface area contributed by atoms with Crippen molar-refractivity contribution in [1.82, 2.24) is 20.8 Å². The molecule has 122 valence electrons. The maximum atomic E-state index is 11.8. The second-order valence-corrected chi connectivity index (χ2v) is 5.72. The molecule has 0 spiro atoms. The molecule has 1 heterocycles. The molecule has 0 aliphatic heterocycles. The summed E-state index contributed by atoms with van der Waals surface area (Å²) in [5.41, 5.74) is 3.18. The first-order valence-electron chi connectivity index (χ1n) is 7.93. The summed E-state index contributed by atoms with van der Waals surface area (Å²) in [4.78, 5) is 11.8. The average Bonchev–Trinajstić information content (AvgIpc) is 3.12. The van der Waals surface area contributed by atoms with Crippen LogP contribution in [0.25, 0.3) is 0 Å². The number of aromatic amines is 1. The molecule has 6 nitrogen and oxygen atoms in total. The van der Waals surface area contributed by atoms with E-state index in [0.717, 1.165) is 31.6 Å². The van der Waals surface area contributed by atoms with Crippen LogP contribution in [0.2, 0.25) is 0 Å². The van der Waals surface area contributed by atoms with Crippen LogP contribution in [0, 0.1) is 0 Å². The number of carbonyl (C=O) groups excluding carboxylic acids is 1. The standard InChI is InChI=1S/C17H22N4O2/c1-23-16-4-2-3-12-11-13(5-6-14(12)16)18-9-10-19-17(22)15-7-8-20-21-15/h2-4,7-8,13,18H,5-6,9-11H2,1H3,(H,19,22)(H,20,21)/t13-/m0/s1. The zero-order valence-corrected chi connectivity index (χ0v) is 13.3. The van der Waals surface area contributed by atoms with Gasteiger partial charge in [0.2, 0.25) is 0 Å². The van der Waals surface area contributed by atoms with E-state index < -0.39 is 0 Å². The maximum Gasteiger partial charge on any atom is 0.269 e. The van der Waals surface area contributed by atoms with E-state index in [-0.39, 0.29) is 5.91 Å². The van der Waals surface area contributed by atoms with Gasteiger partial charge in [-0.2, -0.15) is 5.10 Å². The summed E-state index contributed by atoms with van der Waals surface area (Å²) in [6.45, 7) is 1.35. The molecule has 1 aromatic carbocycles. The lowest BCUT2D eigenvalue weighted by Gasteiger charge is -2.26. The molecule has 23 heavy (non-hydrogen) atoms. The summed E-state index contributed by atoms with van der Waals surface area (Å²) in [5.74, 6) is 0.871. The van der Waals surface area contributed by atoms with Gasteiger partial charge in [-0.1, -0.05) is 12.1 Å². The largest absolute Gasteiger partial charge is 0.496 e. The van der Waals surface area contributed by atoms with Gasteiger partial charge in [-0.25, -0.2) is 0 Å². The summed E-state index contributed by atoms with van der Waals surface area (Å²) in [5, 5.41) is 12.8. The number of fused-ring (bicyclic) bond motifs is 1. The van der Waals surface area contributed by atoms with Crippen molar-refractivity contribution >= 4 is 5.91 Å². The first kappa shape index (κ1) is 15.6. The van der Waals surface area contributed by atoms with Gasteiger partial charge < -0.3 is 15.4 Å². The molecule has 0 radical (unpaired) electrons. The smallest absolute Gasteiger partial charge is 0.269 e. The van der Waals surface area contributed by atoms with Crippen molar-refractivity contribution < 1.29 is 9.53 Å². The quantitative estimate of drug-likeness (QED) is 0.702. The first-order chi connectivity index (χ1) is 11.3. The van der Waals surface area contributed by atoms with E-state index in [2.05, 4.69) is 26.9 Å². The minimum Gasteiger partial charge on any atom is -0.496 e. The number of amides is 1. The van der Waals surface area contributed by atoms with Crippen molar-refractivity contribution in [1.29, 1.82) is 0 Å². The minimum absolute atomic E-state index is 0.122. The molecular weight excluding hydrogens is 292 g/mol. The molecule has 1 aliphatic rings. The van der Waals surface area contributed by atoms with Crippen LogP contribution in [-0.2, 0) is 12.8 Å². The Labute approximate surface area is 135 Å². The number of benzene rings is 1. The van der Waals surface area contributed by atoms with E-state index in [1.165, 1.54) is 11.1 Å². The molecule has 1 atom stereocenters. The van der Waals surface area contributed by atoms with E-state index in [0.29, 0.717) is 18.3 Å². The highest BCUT2D eigenvalue weighted by atomic mass is 16.5. The number of nitrogens with one attached hydrogen (secondary N) is 3. The summed E-state index contributed by atoms with van der Waals surface area (Å²) in [6.07, 6.45) is 4.68. The number of aromatic nitrogens is 2. The molecule has 1 aromatic heterocycles. The number of H-pyrrole nitrogens is 1. The SMILES string of the molecule is COc1cccc2c1CC[C@H](NCCNC(=O)c1ccn[nH]1)C2. The van der Waals surface area contributed by atoms with Crippen molar-refractivity contribution in [2.75, 3.05) is 20.2 Å². The Hall–Kier alpha value is -2.34. The predicted molar refractivity (Wildman–Crippen MR) is 87.7 cm³/mol. The Morgan fingerprint density at radius 1 is 1.39 bits per heavy atom. The van der Waals surface area contributed by atoms with Gasteiger partial charge in [-0.3, -0.25) is 9.89 Å². The number of carbonyl (C=O) groups is 1. The summed E-state index contributed by atoms with van der Waals surface area (Å²) < 4.78 is 5.43. The molecule has 0 saturated carbocycles. The Bertz CT molecular complexity index is 655. The molecule has 0 fully saturated rings. The Balaban J connectivity index is 1.44. The second-order valence-electron chi connectivity index (χ2n) is 5.72. The number of methoxy groups -OCH3 is 1. The fraction of sp³-hybridized carbons (Fsp3) is 0.412. The second kappa shape index (κ2) is 7.28. The highest BCUT2D eigenvalue weighted by molar-refractivity contribution is 5.92. The molecular formula is C17H22N4O2. The fourth-order valence-electron chi connectivity index (χ4n) is 3.07. The van der Waals surface area contributed by atoms with Crippen LogP contribution in [-0.4, -0.2) is 42.3 Å². The molecule has 3 N–H and O–H groups in total.